The van der Waals surface area contributed by atoms with Gasteiger partial charge in [0.15, 0.2) is 0 Å². The van der Waals surface area contributed by atoms with E-state index in [0.29, 0.717) is 26.2 Å². The van der Waals surface area contributed by atoms with Crippen LogP contribution >= 0.6 is 0 Å². The minimum absolute atomic E-state index is 0.0148. The molecule has 3 heterocycles. The van der Waals surface area contributed by atoms with Crippen LogP contribution in [0.3, 0.4) is 0 Å². The molecule has 8 nitrogen and oxygen atoms in total. The Bertz CT molecular complexity index is 866. The quantitative estimate of drug-likeness (QED) is 0.726. The van der Waals surface area contributed by atoms with Gasteiger partial charge in [0.25, 0.3) is 0 Å². The molecule has 158 valence electrons. The fourth-order valence-corrected chi connectivity index (χ4v) is 3.90. The zero-order chi connectivity index (χ0) is 20.9. The molecule has 0 bridgehead atoms. The molecule has 2 saturated heterocycles. The molecule has 4 rings (SSSR count). The molecule has 3 amide bonds. The first kappa shape index (κ1) is 20.2. The summed E-state index contributed by atoms with van der Waals surface area (Å²) in [5.41, 5.74) is 2.00. The number of rotatable bonds is 6. The highest BCUT2D eigenvalue weighted by Crippen LogP contribution is 2.23. The third kappa shape index (κ3) is 4.54. The molecule has 0 N–H and O–H groups in total. The first-order valence-corrected chi connectivity index (χ1v) is 10.2. The number of benzene rings is 1. The van der Waals surface area contributed by atoms with Gasteiger partial charge in [-0.05, 0) is 35.9 Å². The highest BCUT2D eigenvalue weighted by molar-refractivity contribution is 5.96. The van der Waals surface area contributed by atoms with Crippen LogP contribution in [0.2, 0.25) is 0 Å². The molecular weight excluding hydrogens is 382 g/mol. The molecule has 2 aromatic rings. The number of piperazine rings is 1. The lowest BCUT2D eigenvalue weighted by Gasteiger charge is -2.35. The SMILES string of the molecule is COc1ccc(N2CCN(CC(=O)N3CCN(Cc4cccnc4)CC3)C2=O)cc1. The summed E-state index contributed by atoms with van der Waals surface area (Å²) in [6.45, 7) is 5.13. The summed E-state index contributed by atoms with van der Waals surface area (Å²) in [6.07, 6.45) is 3.65. The lowest BCUT2D eigenvalue weighted by molar-refractivity contribution is -0.133. The van der Waals surface area contributed by atoms with Crippen LogP contribution in [-0.2, 0) is 11.3 Å². The zero-order valence-corrected chi connectivity index (χ0v) is 17.2. The van der Waals surface area contributed by atoms with Gasteiger partial charge >= 0.3 is 6.03 Å². The number of hydrogen-bond acceptors (Lipinski definition) is 5. The van der Waals surface area contributed by atoms with E-state index in [4.69, 9.17) is 4.74 Å². The topological polar surface area (TPSA) is 69.2 Å². The van der Waals surface area contributed by atoms with Crippen LogP contribution < -0.4 is 9.64 Å². The molecule has 8 heteroatoms. The number of pyridine rings is 1. The molecule has 1 aromatic heterocycles. The summed E-state index contributed by atoms with van der Waals surface area (Å²) in [4.78, 5) is 37.2. The van der Waals surface area contributed by atoms with Crippen molar-refractivity contribution in [2.45, 2.75) is 6.54 Å². The standard InChI is InChI=1S/C22H27N5O3/c1-30-20-6-4-19(5-7-20)27-14-13-26(22(27)29)17-21(28)25-11-9-24(10-12-25)16-18-3-2-8-23-15-18/h2-8,15H,9-14,16-17H2,1H3. The molecule has 0 saturated carbocycles. The van der Waals surface area contributed by atoms with Crippen molar-refractivity contribution < 1.29 is 14.3 Å². The van der Waals surface area contributed by atoms with E-state index in [1.807, 2.05) is 41.4 Å². The van der Waals surface area contributed by atoms with E-state index in [1.54, 1.807) is 23.1 Å². The monoisotopic (exact) mass is 409 g/mol. The van der Waals surface area contributed by atoms with Gasteiger partial charge in [0.1, 0.15) is 12.3 Å². The van der Waals surface area contributed by atoms with Crippen LogP contribution in [-0.4, -0.2) is 84.5 Å². The largest absolute Gasteiger partial charge is 0.497 e. The number of aromatic nitrogens is 1. The molecule has 0 radical (unpaired) electrons. The Morgan fingerprint density at radius 1 is 1.03 bits per heavy atom. The molecule has 0 spiro atoms. The van der Waals surface area contributed by atoms with E-state index < -0.39 is 0 Å². The molecule has 0 aliphatic carbocycles. The summed E-state index contributed by atoms with van der Waals surface area (Å²) in [6, 6.07) is 11.3. The molecule has 0 atom stereocenters. The van der Waals surface area contributed by atoms with E-state index in [-0.39, 0.29) is 18.5 Å². The Hall–Kier alpha value is -3.13. The summed E-state index contributed by atoms with van der Waals surface area (Å²) >= 11 is 0. The van der Waals surface area contributed by atoms with E-state index in [0.717, 1.165) is 31.1 Å². The maximum atomic E-state index is 12.8. The van der Waals surface area contributed by atoms with Crippen molar-refractivity contribution in [2.75, 3.05) is 57.8 Å². The normalized spacial score (nSPS) is 17.5. The Morgan fingerprint density at radius 2 is 1.80 bits per heavy atom. The average Bonchev–Trinajstić information content (AvgIpc) is 3.15. The third-order valence-corrected chi connectivity index (χ3v) is 5.66. The maximum Gasteiger partial charge on any atom is 0.325 e. The van der Waals surface area contributed by atoms with Gasteiger partial charge in [-0.25, -0.2) is 4.79 Å². The third-order valence-electron chi connectivity index (χ3n) is 5.66. The number of hydrogen-bond donors (Lipinski definition) is 0. The van der Waals surface area contributed by atoms with Gasteiger partial charge in [0.05, 0.1) is 7.11 Å². The van der Waals surface area contributed by atoms with Crippen LogP contribution in [0.15, 0.2) is 48.8 Å². The number of amides is 3. The zero-order valence-electron chi connectivity index (χ0n) is 17.2. The van der Waals surface area contributed by atoms with Crippen molar-refractivity contribution in [1.82, 2.24) is 19.7 Å². The van der Waals surface area contributed by atoms with Crippen molar-refractivity contribution in [2.24, 2.45) is 0 Å². The average molecular weight is 409 g/mol. The van der Waals surface area contributed by atoms with Crippen molar-refractivity contribution in [3.05, 3.63) is 54.4 Å². The molecule has 0 unspecified atom stereocenters. The fraction of sp³-hybridized carbons (Fsp3) is 0.409. The summed E-state index contributed by atoms with van der Waals surface area (Å²) < 4.78 is 5.17. The van der Waals surface area contributed by atoms with Crippen LogP contribution in [0, 0.1) is 0 Å². The van der Waals surface area contributed by atoms with Crippen LogP contribution in [0.5, 0.6) is 5.75 Å². The Kier molecular flexibility index (Phi) is 6.13. The maximum absolute atomic E-state index is 12.8. The second kappa shape index (κ2) is 9.13. The van der Waals surface area contributed by atoms with Gasteiger partial charge in [-0.15, -0.1) is 0 Å². The van der Waals surface area contributed by atoms with E-state index >= 15 is 0 Å². The molecule has 1 aromatic carbocycles. The number of carbonyl (C=O) groups excluding carboxylic acids is 2. The van der Waals surface area contributed by atoms with Gasteiger partial charge in [-0.1, -0.05) is 6.07 Å². The molecular formula is C22H27N5O3. The first-order chi connectivity index (χ1) is 14.6. The van der Waals surface area contributed by atoms with Gasteiger partial charge in [0, 0.05) is 63.9 Å². The second-order valence-electron chi connectivity index (χ2n) is 7.57. The predicted octanol–water partition coefficient (Wildman–Crippen LogP) is 1.68. The van der Waals surface area contributed by atoms with E-state index in [2.05, 4.69) is 16.0 Å². The van der Waals surface area contributed by atoms with Gasteiger partial charge in [-0.3, -0.25) is 19.6 Å². The van der Waals surface area contributed by atoms with Gasteiger partial charge < -0.3 is 14.5 Å². The predicted molar refractivity (Wildman–Crippen MR) is 113 cm³/mol. The Labute approximate surface area is 176 Å². The summed E-state index contributed by atoms with van der Waals surface area (Å²) in [5, 5.41) is 0. The molecule has 2 aliphatic rings. The van der Waals surface area contributed by atoms with Gasteiger partial charge in [0.2, 0.25) is 5.91 Å². The Morgan fingerprint density at radius 3 is 2.47 bits per heavy atom. The van der Waals surface area contributed by atoms with Crippen molar-refractivity contribution in [3.63, 3.8) is 0 Å². The minimum atomic E-state index is -0.122. The van der Waals surface area contributed by atoms with Crippen LogP contribution in [0.4, 0.5) is 10.5 Å². The number of ether oxygens (including phenoxy) is 1. The van der Waals surface area contributed by atoms with Crippen molar-refractivity contribution in [3.8, 4) is 5.75 Å². The Balaban J connectivity index is 1.26. The van der Waals surface area contributed by atoms with Crippen LogP contribution in [0.25, 0.3) is 0 Å². The van der Waals surface area contributed by atoms with E-state index in [9.17, 15) is 9.59 Å². The van der Waals surface area contributed by atoms with Crippen molar-refractivity contribution >= 4 is 17.6 Å². The van der Waals surface area contributed by atoms with Gasteiger partial charge in [-0.2, -0.15) is 0 Å². The highest BCUT2D eigenvalue weighted by atomic mass is 16.5. The number of nitrogens with zero attached hydrogens (tertiary/aromatic N) is 5. The number of carbonyl (C=O) groups is 2. The first-order valence-electron chi connectivity index (χ1n) is 10.2. The number of urea groups is 1. The van der Waals surface area contributed by atoms with Crippen LogP contribution in [0.1, 0.15) is 5.56 Å². The minimum Gasteiger partial charge on any atom is -0.497 e. The summed E-state index contributed by atoms with van der Waals surface area (Å²) in [5.74, 6) is 0.765. The lowest BCUT2D eigenvalue weighted by atomic mass is 10.2. The second-order valence-corrected chi connectivity index (χ2v) is 7.57. The number of anilines is 1. The lowest BCUT2D eigenvalue weighted by Crippen LogP contribution is -2.51. The molecule has 2 aliphatic heterocycles. The van der Waals surface area contributed by atoms with Crippen molar-refractivity contribution in [1.29, 1.82) is 0 Å². The van der Waals surface area contributed by atoms with E-state index in [1.165, 1.54) is 5.56 Å². The molecule has 30 heavy (non-hydrogen) atoms. The summed E-state index contributed by atoms with van der Waals surface area (Å²) in [7, 11) is 1.61. The highest BCUT2D eigenvalue weighted by Gasteiger charge is 2.32. The molecule has 2 fully saturated rings. The number of methoxy groups -OCH3 is 1. The smallest absolute Gasteiger partial charge is 0.325 e. The fourth-order valence-electron chi connectivity index (χ4n) is 3.90.